The molecule has 5 heteroatoms. The van der Waals surface area contributed by atoms with Crippen LogP contribution >= 0.6 is 12.4 Å². The summed E-state index contributed by atoms with van der Waals surface area (Å²) in [5.41, 5.74) is 5.26. The van der Waals surface area contributed by atoms with Crippen molar-refractivity contribution in [2.75, 3.05) is 19.8 Å². The molecule has 0 aromatic rings. The van der Waals surface area contributed by atoms with E-state index in [9.17, 15) is 4.79 Å². The van der Waals surface area contributed by atoms with Crippen LogP contribution in [0.2, 0.25) is 0 Å². The summed E-state index contributed by atoms with van der Waals surface area (Å²) in [6.45, 7) is 4.36. The van der Waals surface area contributed by atoms with Gasteiger partial charge in [0.2, 0.25) is 0 Å². The third-order valence-electron chi connectivity index (χ3n) is 1.12. The number of hydrogen-bond donors (Lipinski definition) is 1. The van der Waals surface area contributed by atoms with Gasteiger partial charge in [0.05, 0.1) is 12.7 Å². The predicted octanol–water partition coefficient (Wildman–Crippen LogP) is 0.335. The Kier molecular flexibility index (Phi) is 10.4. The summed E-state index contributed by atoms with van der Waals surface area (Å²) < 4.78 is 9.64. The van der Waals surface area contributed by atoms with Crippen LogP contribution in [0.25, 0.3) is 0 Å². The van der Waals surface area contributed by atoms with Crippen molar-refractivity contribution in [2.45, 2.75) is 20.0 Å². The van der Waals surface area contributed by atoms with Gasteiger partial charge in [-0.25, -0.2) is 4.79 Å². The lowest BCUT2D eigenvalue weighted by molar-refractivity contribution is -0.150. The maximum Gasteiger partial charge on any atom is 0.332 e. The van der Waals surface area contributed by atoms with Crippen LogP contribution in [0.5, 0.6) is 0 Å². The summed E-state index contributed by atoms with van der Waals surface area (Å²) in [5.74, 6) is -0.340. The maximum atomic E-state index is 10.7. The second-order valence-corrected chi connectivity index (χ2v) is 2.16. The number of carbonyl (C=O) groups excluding carboxylic acids is 1. The highest BCUT2D eigenvalue weighted by atomic mass is 35.5. The zero-order chi connectivity index (χ0) is 8.69. The summed E-state index contributed by atoms with van der Waals surface area (Å²) in [7, 11) is 0. The smallest absolute Gasteiger partial charge is 0.332 e. The molecule has 0 spiro atoms. The third kappa shape index (κ3) is 7.78. The Bertz CT molecular complexity index is 121. The van der Waals surface area contributed by atoms with E-state index in [-0.39, 0.29) is 31.1 Å². The van der Waals surface area contributed by atoms with Gasteiger partial charge < -0.3 is 15.2 Å². The highest BCUT2D eigenvalue weighted by Crippen LogP contribution is 1.88. The topological polar surface area (TPSA) is 61.5 Å². The molecule has 0 aliphatic rings. The Morgan fingerprint density at radius 2 is 2.17 bits per heavy atom. The van der Waals surface area contributed by atoms with E-state index in [0.717, 1.165) is 0 Å². The molecule has 0 saturated carbocycles. The van der Waals surface area contributed by atoms with Gasteiger partial charge in [-0.15, -0.1) is 12.4 Å². The van der Waals surface area contributed by atoms with Gasteiger partial charge in [-0.2, -0.15) is 0 Å². The van der Waals surface area contributed by atoms with Gasteiger partial charge in [-0.1, -0.05) is 0 Å². The number of halogens is 1. The fraction of sp³-hybridized carbons (Fsp3) is 0.857. The second-order valence-electron chi connectivity index (χ2n) is 2.16. The zero-order valence-corrected chi connectivity index (χ0v) is 8.23. The molecule has 0 rings (SSSR count). The number of esters is 1. The van der Waals surface area contributed by atoms with Gasteiger partial charge in [-0.05, 0) is 13.8 Å². The molecule has 0 unspecified atom stereocenters. The Hall–Kier alpha value is -0.320. The number of rotatable bonds is 5. The molecule has 0 aromatic carbocycles. The largest absolute Gasteiger partial charge is 0.464 e. The van der Waals surface area contributed by atoms with Crippen molar-refractivity contribution in [3.05, 3.63) is 0 Å². The first-order chi connectivity index (χ1) is 5.20. The number of ether oxygens (including phenoxy) is 2. The summed E-state index contributed by atoms with van der Waals surface area (Å²) in [6, 6.07) is 0. The molecule has 0 bridgehead atoms. The first-order valence-electron chi connectivity index (χ1n) is 3.68. The molecule has 0 aliphatic heterocycles. The van der Waals surface area contributed by atoms with Gasteiger partial charge in [-0.3, -0.25) is 0 Å². The molecule has 0 radical (unpaired) electrons. The van der Waals surface area contributed by atoms with Crippen molar-refractivity contribution >= 4 is 18.4 Å². The SMILES string of the molecule is CCOC(=O)CO[C@H](C)CN.Cl. The van der Waals surface area contributed by atoms with E-state index in [1.54, 1.807) is 13.8 Å². The molecule has 0 aromatic heterocycles. The average Bonchev–Trinajstić information content (AvgIpc) is 2.01. The minimum atomic E-state index is -0.340. The van der Waals surface area contributed by atoms with Crippen LogP contribution in [0.4, 0.5) is 0 Å². The van der Waals surface area contributed by atoms with Gasteiger partial charge >= 0.3 is 5.97 Å². The molecular weight excluding hydrogens is 182 g/mol. The lowest BCUT2D eigenvalue weighted by atomic mass is 10.4. The van der Waals surface area contributed by atoms with Crippen molar-refractivity contribution in [2.24, 2.45) is 5.73 Å². The van der Waals surface area contributed by atoms with Crippen molar-refractivity contribution in [1.82, 2.24) is 0 Å². The van der Waals surface area contributed by atoms with Crippen LogP contribution in [-0.2, 0) is 14.3 Å². The Morgan fingerprint density at radius 3 is 2.58 bits per heavy atom. The lowest BCUT2D eigenvalue weighted by Gasteiger charge is -2.08. The van der Waals surface area contributed by atoms with E-state index in [1.807, 2.05) is 0 Å². The minimum absolute atomic E-state index is 0. The summed E-state index contributed by atoms with van der Waals surface area (Å²) in [5, 5.41) is 0. The maximum absolute atomic E-state index is 10.7. The van der Waals surface area contributed by atoms with Crippen molar-refractivity contribution in [3.63, 3.8) is 0 Å². The highest BCUT2D eigenvalue weighted by Gasteiger charge is 2.04. The molecule has 12 heavy (non-hydrogen) atoms. The van der Waals surface area contributed by atoms with Crippen molar-refractivity contribution in [1.29, 1.82) is 0 Å². The molecule has 0 amide bonds. The van der Waals surface area contributed by atoms with Gasteiger partial charge in [0.25, 0.3) is 0 Å². The Balaban J connectivity index is 0. The lowest BCUT2D eigenvalue weighted by Crippen LogP contribution is -2.24. The van der Waals surface area contributed by atoms with Gasteiger partial charge in [0, 0.05) is 6.54 Å². The third-order valence-corrected chi connectivity index (χ3v) is 1.12. The molecule has 4 nitrogen and oxygen atoms in total. The zero-order valence-electron chi connectivity index (χ0n) is 7.41. The van der Waals surface area contributed by atoms with Gasteiger partial charge in [0.15, 0.2) is 0 Å². The van der Waals surface area contributed by atoms with Crippen LogP contribution in [0.1, 0.15) is 13.8 Å². The van der Waals surface area contributed by atoms with E-state index < -0.39 is 0 Å². The summed E-state index contributed by atoms with van der Waals surface area (Å²) >= 11 is 0. The fourth-order valence-corrected chi connectivity index (χ4v) is 0.481. The van der Waals surface area contributed by atoms with Crippen LogP contribution in [0, 0.1) is 0 Å². The monoisotopic (exact) mass is 197 g/mol. The van der Waals surface area contributed by atoms with E-state index in [2.05, 4.69) is 4.74 Å². The van der Waals surface area contributed by atoms with Crippen LogP contribution in [-0.4, -0.2) is 31.8 Å². The quantitative estimate of drug-likeness (QED) is 0.646. The molecule has 2 N–H and O–H groups in total. The summed E-state index contributed by atoms with van der Waals surface area (Å²) in [4.78, 5) is 10.7. The molecule has 0 fully saturated rings. The van der Waals surface area contributed by atoms with E-state index in [1.165, 1.54) is 0 Å². The molecule has 0 heterocycles. The second kappa shape index (κ2) is 8.77. The summed E-state index contributed by atoms with van der Waals surface area (Å²) in [6.07, 6.45) is -0.0839. The minimum Gasteiger partial charge on any atom is -0.464 e. The van der Waals surface area contributed by atoms with Crippen LogP contribution < -0.4 is 5.73 Å². The normalized spacial score (nSPS) is 11.6. The number of hydrogen-bond acceptors (Lipinski definition) is 4. The first kappa shape index (κ1) is 14.2. The Labute approximate surface area is 78.8 Å². The standard InChI is InChI=1S/C7H15NO3.ClH/c1-3-10-7(9)5-11-6(2)4-8;/h6H,3-5,8H2,1-2H3;1H/t6-;/m1./s1. The highest BCUT2D eigenvalue weighted by molar-refractivity contribution is 5.85. The molecule has 0 aliphatic carbocycles. The Morgan fingerprint density at radius 1 is 1.58 bits per heavy atom. The molecule has 0 saturated heterocycles. The number of carbonyl (C=O) groups is 1. The van der Waals surface area contributed by atoms with Gasteiger partial charge in [0.1, 0.15) is 6.61 Å². The van der Waals surface area contributed by atoms with Crippen molar-refractivity contribution in [3.8, 4) is 0 Å². The average molecular weight is 198 g/mol. The fourth-order valence-electron chi connectivity index (χ4n) is 0.481. The van der Waals surface area contributed by atoms with Crippen LogP contribution in [0.15, 0.2) is 0 Å². The van der Waals surface area contributed by atoms with E-state index >= 15 is 0 Å². The molecule has 74 valence electrons. The van der Waals surface area contributed by atoms with Crippen LogP contribution in [0.3, 0.4) is 0 Å². The van der Waals surface area contributed by atoms with E-state index in [4.69, 9.17) is 10.5 Å². The van der Waals surface area contributed by atoms with E-state index in [0.29, 0.717) is 13.2 Å². The number of nitrogens with two attached hydrogens (primary N) is 1. The predicted molar refractivity (Wildman–Crippen MR) is 48.3 cm³/mol. The van der Waals surface area contributed by atoms with Crippen molar-refractivity contribution < 1.29 is 14.3 Å². The first-order valence-corrected chi connectivity index (χ1v) is 3.68. The molecular formula is C7H16ClNO3. The molecule has 1 atom stereocenters.